The van der Waals surface area contributed by atoms with Gasteiger partial charge in [0.2, 0.25) is 5.91 Å². The molecule has 0 spiro atoms. The predicted octanol–water partition coefficient (Wildman–Crippen LogP) is 1.93. The summed E-state index contributed by atoms with van der Waals surface area (Å²) in [5.41, 5.74) is 1.30. The second-order valence-corrected chi connectivity index (χ2v) is 5.42. The van der Waals surface area contributed by atoms with Gasteiger partial charge in [-0.05, 0) is 18.4 Å². The number of nitrogens with zero attached hydrogens (tertiary/aromatic N) is 1. The molecule has 96 valence electrons. The van der Waals surface area contributed by atoms with Crippen molar-refractivity contribution in [2.45, 2.75) is 44.3 Å². The number of carbonyl (C=O) groups is 1. The van der Waals surface area contributed by atoms with Crippen LogP contribution in [0.25, 0.3) is 0 Å². The van der Waals surface area contributed by atoms with Gasteiger partial charge in [-0.1, -0.05) is 43.2 Å². The Labute approximate surface area is 108 Å². The SMILES string of the molecule is O=C1CN(Cc2ccccc2)[C@@H]2CCCC[C@@H]2N1. The van der Waals surface area contributed by atoms with Crippen molar-refractivity contribution in [1.29, 1.82) is 0 Å². The van der Waals surface area contributed by atoms with Gasteiger partial charge >= 0.3 is 0 Å². The minimum absolute atomic E-state index is 0.189. The number of nitrogens with one attached hydrogen (secondary N) is 1. The fourth-order valence-corrected chi connectivity index (χ4v) is 3.26. The highest BCUT2D eigenvalue weighted by molar-refractivity contribution is 5.79. The van der Waals surface area contributed by atoms with E-state index in [0.717, 1.165) is 13.0 Å². The average Bonchev–Trinajstić information content (AvgIpc) is 2.40. The van der Waals surface area contributed by atoms with Crippen molar-refractivity contribution >= 4 is 5.91 Å². The first-order chi connectivity index (χ1) is 8.83. The number of benzene rings is 1. The van der Waals surface area contributed by atoms with Crippen LogP contribution in [0.4, 0.5) is 0 Å². The molecule has 18 heavy (non-hydrogen) atoms. The van der Waals surface area contributed by atoms with E-state index in [9.17, 15) is 4.79 Å². The molecule has 1 amide bonds. The molecule has 0 bridgehead atoms. The molecule has 2 aliphatic rings. The molecule has 1 aromatic carbocycles. The Bertz CT molecular complexity index is 418. The van der Waals surface area contributed by atoms with Crippen LogP contribution >= 0.6 is 0 Å². The lowest BCUT2D eigenvalue weighted by Gasteiger charge is -2.44. The molecule has 1 aliphatic carbocycles. The monoisotopic (exact) mass is 244 g/mol. The summed E-state index contributed by atoms with van der Waals surface area (Å²) in [6.07, 6.45) is 4.91. The number of carbonyl (C=O) groups excluding carboxylic acids is 1. The van der Waals surface area contributed by atoms with Crippen LogP contribution in [-0.2, 0) is 11.3 Å². The lowest BCUT2D eigenvalue weighted by atomic mass is 9.87. The standard InChI is InChI=1S/C15H20N2O/c18-15-11-17(10-12-6-2-1-3-7-12)14-9-5-4-8-13(14)16-15/h1-3,6-7,13-14H,4-5,8-11H2,(H,16,18)/t13-,14+/m0/s1. The highest BCUT2D eigenvalue weighted by atomic mass is 16.2. The number of hydrogen-bond acceptors (Lipinski definition) is 2. The minimum atomic E-state index is 0.189. The highest BCUT2D eigenvalue weighted by Gasteiger charge is 2.35. The molecular weight excluding hydrogens is 224 g/mol. The molecule has 3 nitrogen and oxygen atoms in total. The van der Waals surface area contributed by atoms with Gasteiger partial charge in [0.15, 0.2) is 0 Å². The molecule has 0 radical (unpaired) electrons. The molecule has 2 fully saturated rings. The van der Waals surface area contributed by atoms with Crippen LogP contribution in [0.5, 0.6) is 0 Å². The van der Waals surface area contributed by atoms with Crippen molar-refractivity contribution in [3.05, 3.63) is 35.9 Å². The Hall–Kier alpha value is -1.35. The van der Waals surface area contributed by atoms with Crippen LogP contribution in [0.3, 0.4) is 0 Å². The molecule has 0 unspecified atom stereocenters. The van der Waals surface area contributed by atoms with Crippen LogP contribution in [0.15, 0.2) is 30.3 Å². The lowest BCUT2D eigenvalue weighted by Crippen LogP contribution is -2.61. The maximum absolute atomic E-state index is 11.8. The van der Waals surface area contributed by atoms with E-state index in [2.05, 4.69) is 34.5 Å². The maximum atomic E-state index is 11.8. The third kappa shape index (κ3) is 2.41. The van der Waals surface area contributed by atoms with E-state index in [4.69, 9.17) is 0 Å². The molecule has 3 heteroatoms. The Morgan fingerprint density at radius 2 is 1.94 bits per heavy atom. The second kappa shape index (κ2) is 5.11. The van der Waals surface area contributed by atoms with Crippen LogP contribution in [0.1, 0.15) is 31.2 Å². The third-order valence-electron chi connectivity index (χ3n) is 4.12. The van der Waals surface area contributed by atoms with E-state index in [-0.39, 0.29) is 5.91 Å². The van der Waals surface area contributed by atoms with Crippen LogP contribution in [-0.4, -0.2) is 29.4 Å². The van der Waals surface area contributed by atoms with E-state index in [0.29, 0.717) is 18.6 Å². The normalized spacial score (nSPS) is 28.6. The van der Waals surface area contributed by atoms with Gasteiger partial charge in [0, 0.05) is 18.6 Å². The van der Waals surface area contributed by atoms with Crippen molar-refractivity contribution in [3.8, 4) is 0 Å². The van der Waals surface area contributed by atoms with Gasteiger partial charge in [-0.25, -0.2) is 0 Å². The van der Waals surface area contributed by atoms with E-state index in [1.807, 2.05) is 6.07 Å². The Balaban J connectivity index is 1.74. The highest BCUT2D eigenvalue weighted by Crippen LogP contribution is 2.26. The van der Waals surface area contributed by atoms with E-state index in [1.54, 1.807) is 0 Å². The van der Waals surface area contributed by atoms with Crippen LogP contribution in [0, 0.1) is 0 Å². The quantitative estimate of drug-likeness (QED) is 0.862. The Morgan fingerprint density at radius 3 is 2.78 bits per heavy atom. The third-order valence-corrected chi connectivity index (χ3v) is 4.12. The largest absolute Gasteiger partial charge is 0.351 e. The Kier molecular flexibility index (Phi) is 3.33. The van der Waals surface area contributed by atoms with Crippen molar-refractivity contribution in [3.63, 3.8) is 0 Å². The number of hydrogen-bond donors (Lipinski definition) is 1. The molecule has 1 N–H and O–H groups in total. The first-order valence-corrected chi connectivity index (χ1v) is 6.90. The predicted molar refractivity (Wildman–Crippen MR) is 71.0 cm³/mol. The molecule has 0 aromatic heterocycles. The fraction of sp³-hybridized carbons (Fsp3) is 0.533. The van der Waals surface area contributed by atoms with Crippen molar-refractivity contribution in [2.24, 2.45) is 0 Å². The summed E-state index contributed by atoms with van der Waals surface area (Å²) in [7, 11) is 0. The summed E-state index contributed by atoms with van der Waals surface area (Å²) in [6, 6.07) is 11.4. The minimum Gasteiger partial charge on any atom is -0.351 e. The summed E-state index contributed by atoms with van der Waals surface area (Å²) in [6.45, 7) is 1.45. The van der Waals surface area contributed by atoms with Gasteiger partial charge in [0.1, 0.15) is 0 Å². The molecular formula is C15H20N2O. The zero-order chi connectivity index (χ0) is 12.4. The molecule has 1 heterocycles. The second-order valence-electron chi connectivity index (χ2n) is 5.42. The van der Waals surface area contributed by atoms with E-state index in [1.165, 1.54) is 24.8 Å². The van der Waals surface area contributed by atoms with Gasteiger partial charge in [0.05, 0.1) is 6.54 Å². The number of fused-ring (bicyclic) bond motifs is 1. The maximum Gasteiger partial charge on any atom is 0.234 e. The smallest absolute Gasteiger partial charge is 0.234 e. The van der Waals surface area contributed by atoms with Crippen LogP contribution < -0.4 is 5.32 Å². The summed E-state index contributed by atoms with van der Waals surface area (Å²) < 4.78 is 0. The van der Waals surface area contributed by atoms with E-state index >= 15 is 0 Å². The van der Waals surface area contributed by atoms with Crippen LogP contribution in [0.2, 0.25) is 0 Å². The molecule has 1 saturated heterocycles. The summed E-state index contributed by atoms with van der Waals surface area (Å²) in [4.78, 5) is 14.1. The number of rotatable bonds is 2. The van der Waals surface area contributed by atoms with Gasteiger partial charge in [-0.15, -0.1) is 0 Å². The van der Waals surface area contributed by atoms with Gasteiger partial charge in [0.25, 0.3) is 0 Å². The molecule has 1 aromatic rings. The van der Waals surface area contributed by atoms with Crippen molar-refractivity contribution in [1.82, 2.24) is 10.2 Å². The zero-order valence-corrected chi connectivity index (χ0v) is 10.6. The van der Waals surface area contributed by atoms with Gasteiger partial charge in [-0.2, -0.15) is 0 Å². The summed E-state index contributed by atoms with van der Waals surface area (Å²) in [5, 5.41) is 3.15. The lowest BCUT2D eigenvalue weighted by molar-refractivity contribution is -0.128. The molecule has 3 rings (SSSR count). The fourth-order valence-electron chi connectivity index (χ4n) is 3.26. The summed E-state index contributed by atoms with van der Waals surface area (Å²) in [5.74, 6) is 0.189. The first kappa shape index (κ1) is 11.7. The van der Waals surface area contributed by atoms with Crippen molar-refractivity contribution < 1.29 is 4.79 Å². The first-order valence-electron chi connectivity index (χ1n) is 6.90. The zero-order valence-electron chi connectivity index (χ0n) is 10.6. The number of amides is 1. The molecule has 1 aliphatic heterocycles. The topological polar surface area (TPSA) is 32.3 Å². The van der Waals surface area contributed by atoms with Crippen molar-refractivity contribution in [2.75, 3.05) is 6.54 Å². The average molecular weight is 244 g/mol. The molecule has 2 atom stereocenters. The Morgan fingerprint density at radius 1 is 1.17 bits per heavy atom. The summed E-state index contributed by atoms with van der Waals surface area (Å²) >= 11 is 0. The number of piperazine rings is 1. The van der Waals surface area contributed by atoms with Gasteiger partial charge in [-0.3, -0.25) is 9.69 Å². The molecule has 1 saturated carbocycles. The van der Waals surface area contributed by atoms with E-state index < -0.39 is 0 Å². The van der Waals surface area contributed by atoms with Gasteiger partial charge < -0.3 is 5.32 Å².